The summed E-state index contributed by atoms with van der Waals surface area (Å²) in [6.45, 7) is 17.9. The van der Waals surface area contributed by atoms with Gasteiger partial charge in [-0.05, 0) is 24.1 Å². The van der Waals surface area contributed by atoms with Crippen molar-refractivity contribution in [1.82, 2.24) is 0 Å². The quantitative estimate of drug-likeness (QED) is 0.495. The number of carbonyl (C=O) groups excluding carboxylic acids is 1. The fourth-order valence-electron chi connectivity index (χ4n) is 1.53. The van der Waals surface area contributed by atoms with Crippen molar-refractivity contribution >= 4 is 14.1 Å². The van der Waals surface area contributed by atoms with Crippen molar-refractivity contribution in [3.05, 3.63) is 12.2 Å². The fourth-order valence-corrected chi connectivity index (χ4v) is 2.47. The van der Waals surface area contributed by atoms with E-state index in [1.165, 1.54) is 0 Å². The number of Topliss-reactive ketones (excluding diaryl/α,β-unsaturated/α-hetero) is 1. The van der Waals surface area contributed by atoms with Gasteiger partial charge in [0.1, 0.15) is 5.78 Å². The third kappa shape index (κ3) is 6.04. The van der Waals surface area contributed by atoms with Crippen molar-refractivity contribution in [1.29, 1.82) is 0 Å². The summed E-state index contributed by atoms with van der Waals surface area (Å²) in [5, 5.41) is 0.248. The second-order valence-electron chi connectivity index (χ2n) is 6.97. The predicted molar refractivity (Wildman–Crippen MR) is 85.9 cm³/mol. The van der Waals surface area contributed by atoms with Crippen LogP contribution in [0.4, 0.5) is 0 Å². The zero-order valence-electron chi connectivity index (χ0n) is 14.0. The molecule has 0 aromatic carbocycles. The predicted octanol–water partition coefficient (Wildman–Crippen LogP) is 4.82. The summed E-state index contributed by atoms with van der Waals surface area (Å²) >= 11 is 0. The Labute approximate surface area is 120 Å². The van der Waals surface area contributed by atoms with Crippen LogP contribution in [0.5, 0.6) is 0 Å². The van der Waals surface area contributed by atoms with E-state index in [2.05, 4.69) is 52.9 Å². The molecule has 0 aromatic heterocycles. The molecule has 0 heterocycles. The van der Waals surface area contributed by atoms with Crippen LogP contribution in [0.25, 0.3) is 0 Å². The summed E-state index contributed by atoms with van der Waals surface area (Å²) in [5.41, 5.74) is 0. The number of carbonyl (C=O) groups is 1. The summed E-state index contributed by atoms with van der Waals surface area (Å²) in [7, 11) is -1.65. The normalized spacial score (nSPS) is 16.6. The van der Waals surface area contributed by atoms with E-state index in [0.717, 1.165) is 0 Å². The van der Waals surface area contributed by atoms with Crippen molar-refractivity contribution < 1.29 is 9.22 Å². The number of hydrogen-bond acceptors (Lipinski definition) is 2. The van der Waals surface area contributed by atoms with E-state index < -0.39 is 8.32 Å². The topological polar surface area (TPSA) is 26.3 Å². The van der Waals surface area contributed by atoms with Crippen molar-refractivity contribution in [2.45, 2.75) is 66.1 Å². The molecule has 112 valence electrons. The Morgan fingerprint density at radius 1 is 1.26 bits per heavy atom. The Balaban J connectivity index is 4.28. The molecule has 0 saturated heterocycles. The van der Waals surface area contributed by atoms with Gasteiger partial charge in [-0.1, -0.05) is 53.7 Å². The molecule has 0 aliphatic carbocycles. The number of rotatable bonds is 7. The Bertz CT molecular complexity index is 313. The third-order valence-corrected chi connectivity index (χ3v) is 8.93. The van der Waals surface area contributed by atoms with Gasteiger partial charge in [-0.15, -0.1) is 0 Å². The molecule has 0 aromatic rings. The van der Waals surface area contributed by atoms with Crippen molar-refractivity contribution in [3.63, 3.8) is 0 Å². The van der Waals surface area contributed by atoms with Crippen LogP contribution in [0.3, 0.4) is 0 Å². The first-order chi connectivity index (χ1) is 8.53. The zero-order valence-corrected chi connectivity index (χ0v) is 15.0. The highest BCUT2D eigenvalue weighted by molar-refractivity contribution is 6.74. The average Bonchev–Trinajstić information content (AvgIpc) is 2.30. The van der Waals surface area contributed by atoms with Crippen LogP contribution in [0.1, 0.15) is 48.0 Å². The van der Waals surface area contributed by atoms with Gasteiger partial charge in [0, 0.05) is 12.3 Å². The van der Waals surface area contributed by atoms with Gasteiger partial charge in [0.05, 0.1) is 6.61 Å². The molecule has 19 heavy (non-hydrogen) atoms. The van der Waals surface area contributed by atoms with Crippen LogP contribution in [0.2, 0.25) is 18.1 Å². The minimum atomic E-state index is -1.65. The third-order valence-electron chi connectivity index (χ3n) is 4.43. The highest BCUT2D eigenvalue weighted by atomic mass is 28.4. The van der Waals surface area contributed by atoms with Crippen LogP contribution in [0.15, 0.2) is 12.2 Å². The molecule has 0 fully saturated rings. The molecule has 2 atom stereocenters. The summed E-state index contributed by atoms with van der Waals surface area (Å²) < 4.78 is 6.08. The summed E-state index contributed by atoms with van der Waals surface area (Å²) in [6, 6.07) is 0. The monoisotopic (exact) mass is 284 g/mol. The van der Waals surface area contributed by atoms with Crippen molar-refractivity contribution in [2.75, 3.05) is 6.61 Å². The molecular weight excluding hydrogens is 252 g/mol. The van der Waals surface area contributed by atoms with Crippen molar-refractivity contribution in [3.8, 4) is 0 Å². The summed E-state index contributed by atoms with van der Waals surface area (Å²) in [5.74, 6) is 0.729. The molecule has 2 nitrogen and oxygen atoms in total. The maximum Gasteiger partial charge on any atom is 0.192 e. The Hall–Kier alpha value is -0.413. The van der Waals surface area contributed by atoms with Crippen LogP contribution in [-0.2, 0) is 9.22 Å². The average molecular weight is 285 g/mol. The molecule has 0 radical (unpaired) electrons. The van der Waals surface area contributed by atoms with Crippen LogP contribution < -0.4 is 0 Å². The fraction of sp³-hybridized carbons (Fsp3) is 0.812. The lowest BCUT2D eigenvalue weighted by Crippen LogP contribution is -2.40. The van der Waals surface area contributed by atoms with Gasteiger partial charge in [0.15, 0.2) is 8.32 Å². The van der Waals surface area contributed by atoms with Gasteiger partial charge >= 0.3 is 0 Å². The zero-order chi connectivity index (χ0) is 15.3. The maximum atomic E-state index is 11.6. The molecule has 0 N–H and O–H groups in total. The standard InChI is InChI=1S/C16H32O2Si/c1-9-15(17)14(3)13(2)11-10-12-18-19(7,8)16(4,5)6/h10-11,13-14H,9,12H2,1-8H3/b11-10+. The van der Waals surface area contributed by atoms with Gasteiger partial charge in [0.2, 0.25) is 0 Å². The first-order valence-corrected chi connectivity index (χ1v) is 10.3. The van der Waals surface area contributed by atoms with E-state index >= 15 is 0 Å². The maximum absolute atomic E-state index is 11.6. The molecular formula is C16H32O2Si. The Morgan fingerprint density at radius 3 is 2.21 bits per heavy atom. The second kappa shape index (κ2) is 7.39. The van der Waals surface area contributed by atoms with E-state index in [0.29, 0.717) is 18.8 Å². The number of hydrogen-bond donors (Lipinski definition) is 0. The molecule has 0 amide bonds. The van der Waals surface area contributed by atoms with E-state index in [-0.39, 0.29) is 16.9 Å². The number of ketones is 1. The van der Waals surface area contributed by atoms with Gasteiger partial charge in [0.25, 0.3) is 0 Å². The lowest BCUT2D eigenvalue weighted by molar-refractivity contribution is -0.122. The van der Waals surface area contributed by atoms with Gasteiger partial charge in [-0.2, -0.15) is 0 Å². The van der Waals surface area contributed by atoms with Gasteiger partial charge in [-0.25, -0.2) is 0 Å². The molecule has 0 spiro atoms. The Kier molecular flexibility index (Phi) is 7.23. The molecule has 3 heteroatoms. The van der Waals surface area contributed by atoms with Crippen LogP contribution >= 0.6 is 0 Å². The molecule has 2 unspecified atom stereocenters. The first-order valence-electron chi connectivity index (χ1n) is 7.36. The van der Waals surface area contributed by atoms with E-state index in [9.17, 15) is 4.79 Å². The molecule has 0 rings (SSSR count). The molecule has 0 saturated carbocycles. The highest BCUT2D eigenvalue weighted by Gasteiger charge is 2.36. The summed E-state index contributed by atoms with van der Waals surface area (Å²) in [4.78, 5) is 11.6. The molecule has 0 bridgehead atoms. The molecule has 0 aliphatic rings. The Morgan fingerprint density at radius 2 is 1.79 bits per heavy atom. The second-order valence-corrected chi connectivity index (χ2v) is 11.8. The van der Waals surface area contributed by atoms with Crippen LogP contribution in [0, 0.1) is 11.8 Å². The smallest absolute Gasteiger partial charge is 0.192 e. The number of allylic oxidation sites excluding steroid dienone is 1. The van der Waals surface area contributed by atoms with E-state index in [4.69, 9.17) is 4.43 Å². The minimum absolute atomic E-state index is 0.106. The summed E-state index contributed by atoms with van der Waals surface area (Å²) in [6.07, 6.45) is 4.82. The minimum Gasteiger partial charge on any atom is -0.413 e. The van der Waals surface area contributed by atoms with E-state index in [1.807, 2.05) is 13.8 Å². The largest absolute Gasteiger partial charge is 0.413 e. The lowest BCUT2D eigenvalue weighted by atomic mass is 9.90. The van der Waals surface area contributed by atoms with Crippen molar-refractivity contribution in [2.24, 2.45) is 11.8 Å². The lowest BCUT2D eigenvalue weighted by Gasteiger charge is -2.35. The van der Waals surface area contributed by atoms with E-state index in [1.54, 1.807) is 0 Å². The highest BCUT2D eigenvalue weighted by Crippen LogP contribution is 2.36. The van der Waals surface area contributed by atoms with Gasteiger partial charge in [-0.3, -0.25) is 4.79 Å². The van der Waals surface area contributed by atoms with Gasteiger partial charge < -0.3 is 4.43 Å². The SMILES string of the molecule is CCC(=O)C(C)C(C)/C=C/CO[Si](C)(C)C(C)(C)C. The van der Waals surface area contributed by atoms with Crippen LogP contribution in [-0.4, -0.2) is 20.7 Å². The molecule has 0 aliphatic heterocycles. The first kappa shape index (κ1) is 18.6.